The highest BCUT2D eigenvalue weighted by molar-refractivity contribution is 6.01. The van der Waals surface area contributed by atoms with Crippen LogP contribution in [-0.4, -0.2) is 68.1 Å². The van der Waals surface area contributed by atoms with Crippen LogP contribution in [0.2, 0.25) is 0 Å². The van der Waals surface area contributed by atoms with Gasteiger partial charge in [0.25, 0.3) is 5.91 Å². The second-order valence-electron chi connectivity index (χ2n) is 9.57. The molecule has 0 radical (unpaired) electrons. The van der Waals surface area contributed by atoms with E-state index in [1.165, 1.54) is 6.20 Å². The summed E-state index contributed by atoms with van der Waals surface area (Å²) in [4.78, 5) is 22.6. The minimum Gasteiger partial charge on any atom is -0.391 e. The molecular weight excluding hydrogens is 446 g/mol. The Morgan fingerprint density at radius 3 is 2.86 bits per heavy atom. The molecule has 10 heteroatoms. The van der Waals surface area contributed by atoms with Gasteiger partial charge in [-0.05, 0) is 43.7 Å². The molecule has 4 aromatic heterocycles. The highest BCUT2D eigenvalue weighted by Gasteiger charge is 2.33. The summed E-state index contributed by atoms with van der Waals surface area (Å²) in [5.74, 6) is 1.02. The number of ether oxygens (including phenoxy) is 1. The fourth-order valence-corrected chi connectivity index (χ4v) is 5.20. The van der Waals surface area contributed by atoms with Crippen molar-refractivity contribution in [3.63, 3.8) is 0 Å². The lowest BCUT2D eigenvalue weighted by atomic mass is 9.80. The van der Waals surface area contributed by atoms with Gasteiger partial charge in [0.05, 0.1) is 24.0 Å². The maximum Gasteiger partial charge on any atom is 0.257 e. The van der Waals surface area contributed by atoms with Gasteiger partial charge in [0.1, 0.15) is 17.0 Å². The lowest BCUT2D eigenvalue weighted by molar-refractivity contribution is 0.0448. The first kappa shape index (κ1) is 22.0. The number of hydrogen-bond acceptors (Lipinski definition) is 7. The van der Waals surface area contributed by atoms with Gasteiger partial charge in [-0.1, -0.05) is 0 Å². The molecule has 0 spiro atoms. The van der Waals surface area contributed by atoms with Crippen LogP contribution in [0, 0.1) is 5.92 Å². The topological polar surface area (TPSA) is 119 Å². The summed E-state index contributed by atoms with van der Waals surface area (Å²) >= 11 is 0. The summed E-state index contributed by atoms with van der Waals surface area (Å²) in [5.41, 5.74) is 3.48. The summed E-state index contributed by atoms with van der Waals surface area (Å²) in [7, 11) is 3.57. The van der Waals surface area contributed by atoms with Crippen LogP contribution in [0.15, 0.2) is 36.8 Å². The number of rotatable bonds is 7. The third-order valence-corrected chi connectivity index (χ3v) is 7.40. The van der Waals surface area contributed by atoms with E-state index in [0.29, 0.717) is 29.6 Å². The molecule has 2 aliphatic rings. The number of methoxy groups -OCH3 is 1. The molecule has 2 saturated carbocycles. The molecule has 10 nitrogen and oxygen atoms in total. The number of nitrogens with zero attached hydrogens (tertiary/aromatic N) is 5. The Morgan fingerprint density at radius 2 is 2.14 bits per heavy atom. The number of aliphatic hydroxyl groups excluding tert-OH is 1. The highest BCUT2D eigenvalue weighted by atomic mass is 16.5. The third kappa shape index (κ3) is 3.64. The van der Waals surface area contributed by atoms with Gasteiger partial charge in [-0.2, -0.15) is 9.61 Å². The Bertz CT molecular complexity index is 1410. The number of aromatic nitrogens is 5. The Morgan fingerprint density at radius 1 is 1.29 bits per heavy atom. The zero-order valence-electron chi connectivity index (χ0n) is 19.8. The van der Waals surface area contributed by atoms with Crippen LogP contribution in [-0.2, 0) is 4.74 Å². The SMILES string of the molecule is CNc1cc(-c2cn(C3CC(COC)C3)c3ncccc23)nc2c(C(=O)N[C@H]3CC[C@H]3O)cnn12. The third-order valence-electron chi connectivity index (χ3n) is 7.40. The van der Waals surface area contributed by atoms with E-state index in [1.807, 2.05) is 25.4 Å². The van der Waals surface area contributed by atoms with E-state index in [-0.39, 0.29) is 11.9 Å². The molecule has 2 aliphatic carbocycles. The van der Waals surface area contributed by atoms with Crippen molar-refractivity contribution < 1.29 is 14.6 Å². The van der Waals surface area contributed by atoms with Gasteiger partial charge in [-0.15, -0.1) is 0 Å². The minimum absolute atomic E-state index is 0.224. The molecule has 4 heterocycles. The molecule has 3 N–H and O–H groups in total. The first-order valence-electron chi connectivity index (χ1n) is 12.1. The van der Waals surface area contributed by atoms with Crippen molar-refractivity contribution in [3.05, 3.63) is 42.4 Å². The number of pyridine rings is 1. The number of nitrogens with one attached hydrogen (secondary N) is 2. The lowest BCUT2D eigenvalue weighted by Crippen LogP contribution is -2.50. The van der Waals surface area contributed by atoms with Crippen molar-refractivity contribution >= 4 is 28.4 Å². The Hall–Kier alpha value is -3.50. The average Bonchev–Trinajstić information content (AvgIpc) is 3.45. The molecule has 4 aromatic rings. The number of aliphatic hydroxyl groups is 1. The first-order chi connectivity index (χ1) is 17.1. The number of anilines is 1. The van der Waals surface area contributed by atoms with Gasteiger partial charge in [0.15, 0.2) is 5.65 Å². The predicted molar refractivity (Wildman–Crippen MR) is 131 cm³/mol. The van der Waals surface area contributed by atoms with Gasteiger partial charge in [-0.25, -0.2) is 9.97 Å². The molecule has 2 fully saturated rings. The fraction of sp³-hybridized carbons (Fsp3) is 0.440. The van der Waals surface area contributed by atoms with Gasteiger partial charge >= 0.3 is 0 Å². The van der Waals surface area contributed by atoms with Crippen LogP contribution in [0.3, 0.4) is 0 Å². The van der Waals surface area contributed by atoms with Gasteiger partial charge in [0.2, 0.25) is 0 Å². The van der Waals surface area contributed by atoms with E-state index >= 15 is 0 Å². The summed E-state index contributed by atoms with van der Waals surface area (Å²) in [6.45, 7) is 0.781. The smallest absolute Gasteiger partial charge is 0.257 e. The monoisotopic (exact) mass is 475 g/mol. The van der Waals surface area contributed by atoms with E-state index in [2.05, 4.69) is 37.5 Å². The standard InChI is InChI=1S/C25H29N7O3/c1-26-22-10-20(29-24-17(11-28-32(22)24)25(34)30-19-5-6-21(19)33)18-12-31(15-8-14(9-15)13-35-2)23-16(18)4-3-7-27-23/h3-4,7,10-12,14-15,19,21,26,33H,5-6,8-9,13H2,1-2H3,(H,30,34)/t14?,15?,19-,21+/m0/s1. The van der Waals surface area contributed by atoms with E-state index in [0.717, 1.165) is 54.0 Å². The Labute approximate surface area is 202 Å². The zero-order valence-corrected chi connectivity index (χ0v) is 19.8. The Balaban J connectivity index is 1.42. The van der Waals surface area contributed by atoms with Crippen molar-refractivity contribution in [1.82, 2.24) is 29.5 Å². The molecule has 182 valence electrons. The molecule has 0 aliphatic heterocycles. The molecule has 0 saturated heterocycles. The molecule has 0 bridgehead atoms. The van der Waals surface area contributed by atoms with E-state index in [9.17, 15) is 9.90 Å². The Kier molecular flexibility index (Phi) is 5.42. The number of fused-ring (bicyclic) bond motifs is 2. The highest BCUT2D eigenvalue weighted by Crippen LogP contribution is 2.42. The van der Waals surface area contributed by atoms with Crippen LogP contribution >= 0.6 is 0 Å². The second kappa shape index (κ2) is 8.62. The van der Waals surface area contributed by atoms with E-state index < -0.39 is 6.10 Å². The van der Waals surface area contributed by atoms with Crippen LogP contribution in [0.25, 0.3) is 27.9 Å². The molecule has 35 heavy (non-hydrogen) atoms. The van der Waals surface area contributed by atoms with Gasteiger partial charge < -0.3 is 25.0 Å². The number of carbonyl (C=O) groups is 1. The first-order valence-corrected chi connectivity index (χ1v) is 12.1. The fourth-order valence-electron chi connectivity index (χ4n) is 5.20. The van der Waals surface area contributed by atoms with Gasteiger partial charge in [-0.3, -0.25) is 4.79 Å². The van der Waals surface area contributed by atoms with E-state index in [4.69, 9.17) is 9.72 Å². The summed E-state index contributed by atoms with van der Waals surface area (Å²) in [6, 6.07) is 6.09. The number of hydrogen-bond donors (Lipinski definition) is 3. The normalized spacial score (nSPS) is 23.7. The summed E-state index contributed by atoms with van der Waals surface area (Å²) in [6.07, 6.45) is 8.57. The maximum absolute atomic E-state index is 13.0. The molecule has 0 aromatic carbocycles. The van der Waals surface area contributed by atoms with Crippen molar-refractivity contribution in [1.29, 1.82) is 0 Å². The minimum atomic E-state index is -0.495. The van der Waals surface area contributed by atoms with Crippen molar-refractivity contribution in [2.45, 2.75) is 43.9 Å². The summed E-state index contributed by atoms with van der Waals surface area (Å²) < 4.78 is 9.21. The lowest BCUT2D eigenvalue weighted by Gasteiger charge is -2.36. The van der Waals surface area contributed by atoms with Crippen LogP contribution in [0.4, 0.5) is 5.82 Å². The van der Waals surface area contributed by atoms with E-state index in [1.54, 1.807) is 11.6 Å². The van der Waals surface area contributed by atoms with Crippen LogP contribution in [0.5, 0.6) is 0 Å². The van der Waals surface area contributed by atoms with Crippen molar-refractivity contribution in [2.75, 3.05) is 26.1 Å². The summed E-state index contributed by atoms with van der Waals surface area (Å²) in [5, 5.41) is 21.4. The molecule has 2 atom stereocenters. The predicted octanol–water partition coefficient (Wildman–Crippen LogP) is 2.64. The molecule has 0 unspecified atom stereocenters. The average molecular weight is 476 g/mol. The maximum atomic E-state index is 13.0. The van der Waals surface area contributed by atoms with Crippen LogP contribution < -0.4 is 10.6 Å². The quantitative estimate of drug-likeness (QED) is 0.376. The van der Waals surface area contributed by atoms with Crippen molar-refractivity contribution in [2.24, 2.45) is 5.92 Å². The second-order valence-corrected chi connectivity index (χ2v) is 9.57. The number of amides is 1. The molecule has 6 rings (SSSR count). The molecular formula is C25H29N7O3. The van der Waals surface area contributed by atoms with Crippen molar-refractivity contribution in [3.8, 4) is 11.3 Å². The zero-order chi connectivity index (χ0) is 24.1. The largest absolute Gasteiger partial charge is 0.391 e. The van der Waals surface area contributed by atoms with Gasteiger partial charge in [0, 0.05) is 56.2 Å². The molecule has 1 amide bonds. The van der Waals surface area contributed by atoms with Crippen LogP contribution in [0.1, 0.15) is 42.1 Å². The number of carbonyl (C=O) groups excluding carboxylic acids is 1.